The van der Waals surface area contributed by atoms with Crippen LogP contribution in [0.2, 0.25) is 0 Å². The maximum Gasteiger partial charge on any atom is 0.408 e. The van der Waals surface area contributed by atoms with Crippen LogP contribution in [0, 0.1) is 5.92 Å². The second-order valence-electron chi connectivity index (χ2n) is 9.20. The number of alkyl carbamates (subject to hydrolysis) is 1. The Morgan fingerprint density at radius 2 is 1.94 bits per heavy atom. The number of methoxy groups -OCH3 is 1. The number of aromatic nitrogens is 2. The minimum Gasteiger partial charge on any atom is -0.444 e. The van der Waals surface area contributed by atoms with Gasteiger partial charge in [-0.25, -0.2) is 4.79 Å². The summed E-state index contributed by atoms with van der Waals surface area (Å²) in [5.74, 6) is -0.168. The number of benzene rings is 1. The first kappa shape index (κ1) is 25.1. The van der Waals surface area contributed by atoms with Gasteiger partial charge in [0.05, 0.1) is 17.8 Å². The highest BCUT2D eigenvalue weighted by Crippen LogP contribution is 2.48. The smallest absolute Gasteiger partial charge is 0.408 e. The van der Waals surface area contributed by atoms with Crippen LogP contribution in [0.3, 0.4) is 0 Å². The van der Waals surface area contributed by atoms with Crippen LogP contribution in [0.15, 0.2) is 47.3 Å². The van der Waals surface area contributed by atoms with Gasteiger partial charge in [0, 0.05) is 54.2 Å². The third-order valence-corrected chi connectivity index (χ3v) is 6.02. The van der Waals surface area contributed by atoms with Gasteiger partial charge >= 0.3 is 6.09 Å². The van der Waals surface area contributed by atoms with Crippen LogP contribution in [0.1, 0.15) is 45.7 Å². The molecule has 9 heteroatoms. The Morgan fingerprint density at radius 3 is 2.52 bits per heavy atom. The zero-order chi connectivity index (χ0) is 24.2. The molecule has 1 aromatic heterocycles. The van der Waals surface area contributed by atoms with Gasteiger partial charge in [-0.05, 0) is 58.4 Å². The summed E-state index contributed by atoms with van der Waals surface area (Å²) in [5.41, 5.74) is 0.928. The fourth-order valence-electron chi connectivity index (χ4n) is 3.57. The monoisotopic (exact) mass is 518 g/mol. The molecule has 1 fully saturated rings. The third-order valence-electron chi connectivity index (χ3n) is 5.49. The molecule has 0 spiro atoms. The van der Waals surface area contributed by atoms with E-state index < -0.39 is 17.7 Å². The zero-order valence-corrected chi connectivity index (χ0v) is 21.2. The van der Waals surface area contributed by atoms with E-state index in [9.17, 15) is 9.59 Å². The number of anilines is 1. The Bertz CT molecular complexity index is 949. The van der Waals surface area contributed by atoms with Crippen LogP contribution in [-0.2, 0) is 14.3 Å². The van der Waals surface area contributed by atoms with Crippen molar-refractivity contribution in [3.05, 3.63) is 53.0 Å². The number of amides is 2. The maximum absolute atomic E-state index is 13.6. The molecule has 2 aromatic rings. The van der Waals surface area contributed by atoms with E-state index in [1.54, 1.807) is 51.4 Å². The molecular weight excluding hydrogens is 488 g/mol. The molecule has 1 aliphatic carbocycles. The molecule has 0 radical (unpaired) electrons. The molecule has 0 aliphatic heterocycles. The molecule has 33 heavy (non-hydrogen) atoms. The topological polar surface area (TPSA) is 93.6 Å². The van der Waals surface area contributed by atoms with Crippen molar-refractivity contribution >= 4 is 33.6 Å². The Morgan fingerprint density at radius 1 is 1.24 bits per heavy atom. The number of carbonyl (C=O) groups is 2. The van der Waals surface area contributed by atoms with Gasteiger partial charge in [-0.15, -0.1) is 0 Å². The van der Waals surface area contributed by atoms with Crippen LogP contribution in [0.5, 0.6) is 0 Å². The average Bonchev–Trinajstić information content (AvgIpc) is 3.57. The maximum atomic E-state index is 13.6. The average molecular weight is 519 g/mol. The predicted octanol–water partition coefficient (Wildman–Crippen LogP) is 4.30. The molecule has 0 unspecified atom stereocenters. The lowest BCUT2D eigenvalue weighted by Gasteiger charge is -2.32. The van der Waals surface area contributed by atoms with Crippen molar-refractivity contribution in [2.75, 3.05) is 18.6 Å². The SMILES string of the molecule is CO[C@H](C)[C@@H](CN(C(=O)[C@@H]1C[C@H]1c1cnccn1)c1ccc(Br)cc1)NC(=O)OC(C)(C)C. The highest BCUT2D eigenvalue weighted by Gasteiger charge is 2.47. The summed E-state index contributed by atoms with van der Waals surface area (Å²) in [6.07, 6.45) is 4.79. The Labute approximate surface area is 203 Å². The number of hydrogen-bond acceptors (Lipinski definition) is 6. The van der Waals surface area contributed by atoms with Crippen molar-refractivity contribution < 1.29 is 19.1 Å². The number of nitrogens with one attached hydrogen (secondary N) is 1. The standard InChI is InChI=1S/C24H31BrN4O4/c1-15(32-5)21(28-23(31)33-24(2,3)4)14-29(17-8-6-16(25)7-9-17)22(30)19-12-18(19)20-13-26-10-11-27-20/h6-11,13,15,18-19,21H,12,14H2,1-5H3,(H,28,31)/t15-,18-,19-,21-/m1/s1. The van der Waals surface area contributed by atoms with Crippen molar-refractivity contribution in [3.63, 3.8) is 0 Å². The highest BCUT2D eigenvalue weighted by atomic mass is 79.9. The van der Waals surface area contributed by atoms with E-state index in [0.29, 0.717) is 6.42 Å². The van der Waals surface area contributed by atoms with Gasteiger partial charge in [0.25, 0.3) is 0 Å². The first-order valence-corrected chi connectivity index (χ1v) is 11.7. The second kappa shape index (κ2) is 10.6. The van der Waals surface area contributed by atoms with Crippen LogP contribution >= 0.6 is 15.9 Å². The molecule has 2 amide bonds. The normalized spacial score (nSPS) is 19.3. The molecule has 1 N–H and O–H groups in total. The lowest BCUT2D eigenvalue weighted by molar-refractivity contribution is -0.120. The number of rotatable bonds is 8. The summed E-state index contributed by atoms with van der Waals surface area (Å²) in [6, 6.07) is 7.05. The fraction of sp³-hybridized carbons (Fsp3) is 0.500. The molecule has 0 bridgehead atoms. The zero-order valence-electron chi connectivity index (χ0n) is 19.6. The summed E-state index contributed by atoms with van der Waals surface area (Å²) in [4.78, 5) is 36.3. The molecule has 1 aliphatic rings. The first-order chi connectivity index (χ1) is 15.6. The Kier molecular flexibility index (Phi) is 8.07. The summed E-state index contributed by atoms with van der Waals surface area (Å²) < 4.78 is 11.9. The van der Waals surface area contributed by atoms with Crippen molar-refractivity contribution in [1.82, 2.24) is 15.3 Å². The Balaban J connectivity index is 1.82. The molecule has 1 aromatic carbocycles. The van der Waals surface area contributed by atoms with Gasteiger partial charge < -0.3 is 19.7 Å². The number of ether oxygens (including phenoxy) is 2. The minimum absolute atomic E-state index is 0.0210. The molecule has 8 nitrogen and oxygen atoms in total. The van der Waals surface area contributed by atoms with E-state index in [1.165, 1.54) is 0 Å². The van der Waals surface area contributed by atoms with E-state index in [-0.39, 0.29) is 30.4 Å². The van der Waals surface area contributed by atoms with Gasteiger partial charge in [-0.2, -0.15) is 0 Å². The number of halogens is 1. The van der Waals surface area contributed by atoms with Crippen LogP contribution in [-0.4, -0.2) is 53.4 Å². The van der Waals surface area contributed by atoms with E-state index in [1.807, 2.05) is 31.2 Å². The number of carbonyl (C=O) groups excluding carboxylic acids is 2. The van der Waals surface area contributed by atoms with E-state index in [0.717, 1.165) is 15.9 Å². The van der Waals surface area contributed by atoms with Crippen LogP contribution in [0.25, 0.3) is 0 Å². The molecule has 1 saturated carbocycles. The van der Waals surface area contributed by atoms with Crippen molar-refractivity contribution in [3.8, 4) is 0 Å². The third kappa shape index (κ3) is 6.98. The summed E-state index contributed by atoms with van der Waals surface area (Å²) in [7, 11) is 1.57. The van der Waals surface area contributed by atoms with Crippen molar-refractivity contribution in [1.29, 1.82) is 0 Å². The fourth-order valence-corrected chi connectivity index (χ4v) is 3.84. The molecular formula is C24H31BrN4O4. The molecule has 3 rings (SSSR count). The second-order valence-corrected chi connectivity index (χ2v) is 10.1. The van der Waals surface area contributed by atoms with Crippen molar-refractivity contribution in [2.45, 2.75) is 57.8 Å². The summed E-state index contributed by atoms with van der Waals surface area (Å²) in [6.45, 7) is 7.50. The predicted molar refractivity (Wildman–Crippen MR) is 129 cm³/mol. The lowest BCUT2D eigenvalue weighted by atomic mass is 10.1. The Hall–Kier alpha value is -2.52. The minimum atomic E-state index is -0.635. The largest absolute Gasteiger partial charge is 0.444 e. The van der Waals surface area contributed by atoms with E-state index >= 15 is 0 Å². The van der Waals surface area contributed by atoms with Crippen LogP contribution in [0.4, 0.5) is 10.5 Å². The van der Waals surface area contributed by atoms with Gasteiger partial charge in [0.15, 0.2) is 0 Å². The van der Waals surface area contributed by atoms with Crippen molar-refractivity contribution in [2.24, 2.45) is 5.92 Å². The van der Waals surface area contributed by atoms with Gasteiger partial charge in [0.1, 0.15) is 5.60 Å². The number of hydrogen-bond donors (Lipinski definition) is 1. The summed E-state index contributed by atoms with van der Waals surface area (Å²) in [5, 5.41) is 2.88. The van der Waals surface area contributed by atoms with Gasteiger partial charge in [-0.1, -0.05) is 15.9 Å². The van der Waals surface area contributed by atoms with Crippen LogP contribution < -0.4 is 10.2 Å². The molecule has 4 atom stereocenters. The first-order valence-electron chi connectivity index (χ1n) is 10.9. The van der Waals surface area contributed by atoms with E-state index in [2.05, 4.69) is 31.2 Å². The van der Waals surface area contributed by atoms with Gasteiger partial charge in [0.2, 0.25) is 5.91 Å². The molecule has 178 valence electrons. The van der Waals surface area contributed by atoms with Gasteiger partial charge in [-0.3, -0.25) is 14.8 Å². The molecule has 0 saturated heterocycles. The quantitative estimate of drug-likeness (QED) is 0.559. The highest BCUT2D eigenvalue weighted by molar-refractivity contribution is 9.10. The lowest BCUT2D eigenvalue weighted by Crippen LogP contribution is -2.52. The summed E-state index contributed by atoms with van der Waals surface area (Å²) >= 11 is 3.45. The number of nitrogens with zero attached hydrogens (tertiary/aromatic N) is 3. The van der Waals surface area contributed by atoms with E-state index in [4.69, 9.17) is 9.47 Å². The molecule has 1 heterocycles.